The van der Waals surface area contributed by atoms with Crippen molar-refractivity contribution in [2.45, 2.75) is 51.9 Å². The summed E-state index contributed by atoms with van der Waals surface area (Å²) in [6, 6.07) is 0. The molecule has 0 aliphatic rings. The maximum absolute atomic E-state index is 10.9. The fourth-order valence-corrected chi connectivity index (χ4v) is 2.25. The van der Waals surface area contributed by atoms with Crippen molar-refractivity contribution >= 4 is 22.6 Å². The van der Waals surface area contributed by atoms with Gasteiger partial charge in [0, 0.05) is 29.9 Å². The van der Waals surface area contributed by atoms with E-state index in [1.165, 1.54) is 18.6 Å². The van der Waals surface area contributed by atoms with Gasteiger partial charge < -0.3 is 10.1 Å². The summed E-state index contributed by atoms with van der Waals surface area (Å²) in [7, 11) is 1.42. The molecule has 0 amide bonds. The van der Waals surface area contributed by atoms with Crippen molar-refractivity contribution in [3.8, 4) is 0 Å². The van der Waals surface area contributed by atoms with Gasteiger partial charge in [-0.05, 0) is 12.8 Å². The molecule has 0 fully saturated rings. The van der Waals surface area contributed by atoms with Gasteiger partial charge in [-0.2, -0.15) is 4.37 Å². The number of nitrogens with one attached hydrogen (secondary N) is 1. The molecule has 0 aromatic carbocycles. The molecular formula is C13H23N3O2S. The van der Waals surface area contributed by atoms with E-state index in [1.54, 1.807) is 0 Å². The van der Waals surface area contributed by atoms with Gasteiger partial charge in [0.2, 0.25) is 5.13 Å². The summed E-state index contributed by atoms with van der Waals surface area (Å²) in [5.74, 6) is 0.748. The van der Waals surface area contributed by atoms with Gasteiger partial charge in [-0.3, -0.25) is 4.79 Å². The molecule has 0 bridgehead atoms. The van der Waals surface area contributed by atoms with E-state index in [2.05, 4.69) is 40.2 Å². The summed E-state index contributed by atoms with van der Waals surface area (Å²) in [5.41, 5.74) is -0.00303. The fourth-order valence-electron chi connectivity index (χ4n) is 1.47. The van der Waals surface area contributed by atoms with Crippen molar-refractivity contribution in [3.63, 3.8) is 0 Å². The van der Waals surface area contributed by atoms with Crippen LogP contribution in [0.5, 0.6) is 0 Å². The van der Waals surface area contributed by atoms with Crippen LogP contribution in [0.25, 0.3) is 0 Å². The molecule has 1 aromatic rings. The number of anilines is 1. The highest BCUT2D eigenvalue weighted by atomic mass is 32.1. The second-order valence-electron chi connectivity index (χ2n) is 5.49. The number of carbonyl (C=O) groups excluding carboxylic acids is 1. The molecule has 0 radical (unpaired) electrons. The van der Waals surface area contributed by atoms with E-state index >= 15 is 0 Å². The summed E-state index contributed by atoms with van der Waals surface area (Å²) >= 11 is 1.40. The molecule has 0 aliphatic heterocycles. The van der Waals surface area contributed by atoms with E-state index in [9.17, 15) is 4.79 Å². The Morgan fingerprint density at radius 3 is 2.63 bits per heavy atom. The molecular weight excluding hydrogens is 262 g/mol. The van der Waals surface area contributed by atoms with Gasteiger partial charge in [0.1, 0.15) is 5.82 Å². The number of unbranched alkanes of at least 4 members (excludes halogenated alkanes) is 2. The number of hydrogen-bond donors (Lipinski definition) is 1. The Morgan fingerprint density at radius 1 is 1.32 bits per heavy atom. The SMILES string of the molecule is COC(=O)CCCCCNc1nc(C(C)(C)C)ns1. The molecule has 0 saturated carbocycles. The maximum atomic E-state index is 10.9. The molecule has 1 aromatic heterocycles. The van der Waals surface area contributed by atoms with Gasteiger partial charge >= 0.3 is 5.97 Å². The number of rotatable bonds is 7. The molecule has 5 nitrogen and oxygen atoms in total. The van der Waals surface area contributed by atoms with Crippen molar-refractivity contribution in [1.82, 2.24) is 9.36 Å². The predicted octanol–water partition coefficient (Wildman–Crippen LogP) is 2.98. The van der Waals surface area contributed by atoms with Crippen LogP contribution in [0.1, 0.15) is 52.3 Å². The summed E-state index contributed by atoms with van der Waals surface area (Å²) in [6.07, 6.45) is 3.40. The zero-order valence-electron chi connectivity index (χ0n) is 12.2. The Bertz CT molecular complexity index is 399. The van der Waals surface area contributed by atoms with E-state index in [0.29, 0.717) is 6.42 Å². The van der Waals surface area contributed by atoms with Crippen molar-refractivity contribution in [2.75, 3.05) is 19.0 Å². The fraction of sp³-hybridized carbons (Fsp3) is 0.769. The monoisotopic (exact) mass is 285 g/mol. The van der Waals surface area contributed by atoms with Crippen LogP contribution in [0.15, 0.2) is 0 Å². The Morgan fingerprint density at radius 2 is 2.05 bits per heavy atom. The first kappa shape index (κ1) is 15.9. The van der Waals surface area contributed by atoms with Gasteiger partial charge in [0.25, 0.3) is 0 Å². The zero-order chi connectivity index (χ0) is 14.3. The van der Waals surface area contributed by atoms with Crippen molar-refractivity contribution in [1.29, 1.82) is 0 Å². The Balaban J connectivity index is 2.16. The van der Waals surface area contributed by atoms with E-state index in [4.69, 9.17) is 0 Å². The van der Waals surface area contributed by atoms with Gasteiger partial charge in [0.05, 0.1) is 7.11 Å². The third-order valence-corrected chi connectivity index (χ3v) is 3.33. The normalized spacial score (nSPS) is 11.4. The smallest absolute Gasteiger partial charge is 0.305 e. The Kier molecular flexibility index (Phi) is 6.21. The second-order valence-corrected chi connectivity index (χ2v) is 6.24. The first-order valence-corrected chi connectivity index (χ1v) is 7.35. The number of aromatic nitrogens is 2. The van der Waals surface area contributed by atoms with Crippen LogP contribution in [0.3, 0.4) is 0 Å². The van der Waals surface area contributed by atoms with Gasteiger partial charge in [-0.25, -0.2) is 4.98 Å². The van der Waals surface area contributed by atoms with Gasteiger partial charge in [0.15, 0.2) is 0 Å². The molecule has 0 aliphatic carbocycles. The van der Waals surface area contributed by atoms with Crippen LogP contribution in [-0.4, -0.2) is 29.0 Å². The standard InChI is InChI=1S/C13H23N3O2S/c1-13(2,3)11-15-12(19-16-11)14-9-7-5-6-8-10(17)18-4/h5-9H2,1-4H3,(H,14,15,16). The number of esters is 1. The number of hydrogen-bond acceptors (Lipinski definition) is 6. The highest BCUT2D eigenvalue weighted by Gasteiger charge is 2.19. The minimum absolute atomic E-state index is 0.00303. The average Bonchev–Trinajstić information content (AvgIpc) is 2.81. The summed E-state index contributed by atoms with van der Waals surface area (Å²) in [5, 5.41) is 4.14. The van der Waals surface area contributed by atoms with Crippen LogP contribution in [-0.2, 0) is 14.9 Å². The summed E-state index contributed by atoms with van der Waals surface area (Å²) in [4.78, 5) is 15.4. The Hall–Kier alpha value is -1.17. The molecule has 1 N–H and O–H groups in total. The number of methoxy groups -OCH3 is 1. The lowest BCUT2D eigenvalue weighted by Gasteiger charge is -2.12. The Labute approximate surface area is 118 Å². The van der Waals surface area contributed by atoms with Crippen molar-refractivity contribution < 1.29 is 9.53 Å². The van der Waals surface area contributed by atoms with Gasteiger partial charge in [-0.15, -0.1) is 0 Å². The number of ether oxygens (including phenoxy) is 1. The number of carbonyl (C=O) groups is 1. The molecule has 19 heavy (non-hydrogen) atoms. The largest absolute Gasteiger partial charge is 0.469 e. The van der Waals surface area contributed by atoms with Crippen LogP contribution in [0.2, 0.25) is 0 Å². The van der Waals surface area contributed by atoms with Crippen LogP contribution in [0.4, 0.5) is 5.13 Å². The highest BCUT2D eigenvalue weighted by molar-refractivity contribution is 7.09. The van der Waals surface area contributed by atoms with E-state index in [1.807, 2.05) is 0 Å². The van der Waals surface area contributed by atoms with E-state index in [0.717, 1.165) is 36.8 Å². The molecule has 0 atom stereocenters. The third-order valence-electron chi connectivity index (χ3n) is 2.66. The third kappa shape index (κ3) is 6.00. The molecule has 0 saturated heterocycles. The van der Waals surface area contributed by atoms with Crippen LogP contribution in [0, 0.1) is 0 Å². The lowest BCUT2D eigenvalue weighted by molar-refractivity contribution is -0.140. The van der Waals surface area contributed by atoms with Crippen molar-refractivity contribution in [2.24, 2.45) is 0 Å². The second kappa shape index (κ2) is 7.43. The van der Waals surface area contributed by atoms with E-state index < -0.39 is 0 Å². The maximum Gasteiger partial charge on any atom is 0.305 e. The minimum Gasteiger partial charge on any atom is -0.469 e. The van der Waals surface area contributed by atoms with E-state index in [-0.39, 0.29) is 11.4 Å². The summed E-state index contributed by atoms with van der Waals surface area (Å²) < 4.78 is 8.93. The molecule has 6 heteroatoms. The average molecular weight is 285 g/mol. The molecule has 108 valence electrons. The number of nitrogens with zero attached hydrogens (tertiary/aromatic N) is 2. The van der Waals surface area contributed by atoms with Crippen LogP contribution < -0.4 is 5.32 Å². The first-order valence-electron chi connectivity index (χ1n) is 6.58. The molecule has 0 spiro atoms. The van der Waals surface area contributed by atoms with Gasteiger partial charge in [-0.1, -0.05) is 27.2 Å². The molecule has 1 heterocycles. The lowest BCUT2D eigenvalue weighted by Crippen LogP contribution is -2.13. The molecule has 1 rings (SSSR count). The lowest BCUT2D eigenvalue weighted by atomic mass is 9.96. The zero-order valence-corrected chi connectivity index (χ0v) is 13.0. The predicted molar refractivity (Wildman–Crippen MR) is 77.6 cm³/mol. The highest BCUT2D eigenvalue weighted by Crippen LogP contribution is 2.22. The van der Waals surface area contributed by atoms with Crippen molar-refractivity contribution in [3.05, 3.63) is 5.82 Å². The topological polar surface area (TPSA) is 64.1 Å². The minimum atomic E-state index is -0.132. The van der Waals surface area contributed by atoms with Crippen LogP contribution >= 0.6 is 11.5 Å². The molecule has 0 unspecified atom stereocenters. The first-order chi connectivity index (χ1) is 8.93. The summed E-state index contributed by atoms with van der Waals surface area (Å²) in [6.45, 7) is 7.17. The quantitative estimate of drug-likeness (QED) is 0.616.